The number of hydrogen-bond acceptors (Lipinski definition) is 4. The molecule has 7 nitrogen and oxygen atoms in total. The molecule has 0 unspecified atom stereocenters. The van der Waals surface area contributed by atoms with Gasteiger partial charge in [0.15, 0.2) is 0 Å². The van der Waals surface area contributed by atoms with Gasteiger partial charge in [0.05, 0.1) is 6.33 Å². The van der Waals surface area contributed by atoms with E-state index >= 15 is 0 Å². The highest BCUT2D eigenvalue weighted by Gasteiger charge is 2.30. The normalized spacial score (nSPS) is 24.7. The van der Waals surface area contributed by atoms with Crippen LogP contribution in [0.4, 0.5) is 0 Å². The number of hydrogen-bond donors (Lipinski definition) is 1. The van der Waals surface area contributed by atoms with Gasteiger partial charge in [0.2, 0.25) is 5.91 Å². The van der Waals surface area contributed by atoms with Crippen molar-refractivity contribution >= 4 is 11.8 Å². The Morgan fingerprint density at radius 1 is 1.08 bits per heavy atom. The molecule has 1 aromatic heterocycles. The highest BCUT2D eigenvalue weighted by atomic mass is 16.2. The second-order valence-corrected chi connectivity index (χ2v) is 7.22. The second-order valence-electron chi connectivity index (χ2n) is 7.22. The van der Waals surface area contributed by atoms with Crippen LogP contribution in [-0.4, -0.2) is 57.8 Å². The number of aromatic amines is 1. The maximum atomic E-state index is 12.8. The van der Waals surface area contributed by atoms with Crippen LogP contribution < -0.4 is 5.56 Å². The summed E-state index contributed by atoms with van der Waals surface area (Å²) < 4.78 is 0. The summed E-state index contributed by atoms with van der Waals surface area (Å²) in [7, 11) is 0. The summed E-state index contributed by atoms with van der Waals surface area (Å²) in [5.41, 5.74) is -0.364. The first-order chi connectivity index (χ1) is 12.1. The lowest BCUT2D eigenvalue weighted by atomic mass is 9.82. The molecule has 3 rings (SSSR count). The van der Waals surface area contributed by atoms with Gasteiger partial charge in [-0.2, -0.15) is 0 Å². The van der Waals surface area contributed by atoms with Gasteiger partial charge >= 0.3 is 0 Å². The minimum Gasteiger partial charge on any atom is -0.341 e. The molecule has 136 valence electrons. The summed E-state index contributed by atoms with van der Waals surface area (Å²) in [6.07, 6.45) is 7.51. The monoisotopic (exact) mass is 346 g/mol. The van der Waals surface area contributed by atoms with Crippen molar-refractivity contribution in [3.8, 4) is 0 Å². The Labute approximate surface area is 147 Å². The SMILES string of the molecule is CC1CCC(C(=O)N2CCCN(C(=O)c3cnc[nH]c3=O)CC2)CC1. The fourth-order valence-electron chi connectivity index (χ4n) is 3.77. The van der Waals surface area contributed by atoms with Crippen molar-refractivity contribution in [3.05, 3.63) is 28.4 Å². The molecule has 2 fully saturated rings. The largest absolute Gasteiger partial charge is 0.341 e. The molecular formula is C18H26N4O3. The van der Waals surface area contributed by atoms with Gasteiger partial charge in [-0.25, -0.2) is 4.98 Å². The Bertz CT molecular complexity index is 679. The van der Waals surface area contributed by atoms with E-state index in [1.54, 1.807) is 4.90 Å². The van der Waals surface area contributed by atoms with Gasteiger partial charge in [0.1, 0.15) is 5.56 Å². The molecule has 1 saturated carbocycles. The van der Waals surface area contributed by atoms with Crippen LogP contribution in [0.25, 0.3) is 0 Å². The Hall–Kier alpha value is -2.18. The van der Waals surface area contributed by atoms with Crippen LogP contribution >= 0.6 is 0 Å². The molecule has 0 radical (unpaired) electrons. The molecule has 0 aromatic carbocycles. The number of nitrogens with one attached hydrogen (secondary N) is 1. The molecule has 0 spiro atoms. The molecule has 1 aliphatic heterocycles. The van der Waals surface area contributed by atoms with Gasteiger partial charge in [-0.3, -0.25) is 14.4 Å². The quantitative estimate of drug-likeness (QED) is 0.874. The minimum atomic E-state index is -0.423. The topological polar surface area (TPSA) is 86.4 Å². The average molecular weight is 346 g/mol. The van der Waals surface area contributed by atoms with E-state index in [0.29, 0.717) is 26.2 Å². The zero-order chi connectivity index (χ0) is 17.8. The first-order valence-electron chi connectivity index (χ1n) is 9.17. The molecule has 0 atom stereocenters. The van der Waals surface area contributed by atoms with Crippen LogP contribution in [0.5, 0.6) is 0 Å². The summed E-state index contributed by atoms with van der Waals surface area (Å²) in [6.45, 7) is 4.48. The smallest absolute Gasteiger partial charge is 0.263 e. The minimum absolute atomic E-state index is 0.0588. The second kappa shape index (κ2) is 7.80. The van der Waals surface area contributed by atoms with Crippen LogP contribution in [0.1, 0.15) is 49.4 Å². The molecule has 2 amide bonds. The molecule has 1 N–H and O–H groups in total. The summed E-state index contributed by atoms with van der Waals surface area (Å²) in [6, 6.07) is 0. The lowest BCUT2D eigenvalue weighted by Crippen LogP contribution is -2.41. The maximum absolute atomic E-state index is 12.8. The first kappa shape index (κ1) is 17.6. The fourth-order valence-corrected chi connectivity index (χ4v) is 3.77. The Morgan fingerprint density at radius 2 is 1.76 bits per heavy atom. The van der Waals surface area contributed by atoms with Crippen molar-refractivity contribution in [1.29, 1.82) is 0 Å². The predicted molar refractivity (Wildman–Crippen MR) is 93.1 cm³/mol. The van der Waals surface area contributed by atoms with Gasteiger partial charge in [-0.1, -0.05) is 6.92 Å². The number of carbonyl (C=O) groups is 2. The van der Waals surface area contributed by atoms with Crippen LogP contribution in [0.15, 0.2) is 17.3 Å². The fraction of sp³-hybridized carbons (Fsp3) is 0.667. The van der Waals surface area contributed by atoms with Crippen molar-refractivity contribution < 1.29 is 9.59 Å². The highest BCUT2D eigenvalue weighted by Crippen LogP contribution is 2.29. The van der Waals surface area contributed by atoms with E-state index in [4.69, 9.17) is 0 Å². The zero-order valence-electron chi connectivity index (χ0n) is 14.7. The third kappa shape index (κ3) is 4.08. The summed E-state index contributed by atoms with van der Waals surface area (Å²) in [4.78, 5) is 46.9. The van der Waals surface area contributed by atoms with Gasteiger partial charge < -0.3 is 14.8 Å². The Kier molecular flexibility index (Phi) is 5.50. The average Bonchev–Trinajstić information content (AvgIpc) is 2.88. The number of nitrogens with zero attached hydrogens (tertiary/aromatic N) is 3. The number of carbonyl (C=O) groups excluding carboxylic acids is 2. The van der Waals surface area contributed by atoms with E-state index < -0.39 is 5.56 Å². The van der Waals surface area contributed by atoms with E-state index in [0.717, 1.165) is 38.0 Å². The third-order valence-corrected chi connectivity index (χ3v) is 5.41. The van der Waals surface area contributed by atoms with Crippen LogP contribution in [-0.2, 0) is 4.79 Å². The summed E-state index contributed by atoms with van der Waals surface area (Å²) in [5.74, 6) is 0.786. The number of rotatable bonds is 2. The van der Waals surface area contributed by atoms with Crippen LogP contribution in [0.3, 0.4) is 0 Å². The number of aromatic nitrogens is 2. The molecular weight excluding hydrogens is 320 g/mol. The zero-order valence-corrected chi connectivity index (χ0v) is 14.7. The van der Waals surface area contributed by atoms with Crippen molar-refractivity contribution in [1.82, 2.24) is 19.8 Å². The van der Waals surface area contributed by atoms with Gasteiger partial charge in [0, 0.05) is 38.3 Å². The Morgan fingerprint density at radius 3 is 2.48 bits per heavy atom. The van der Waals surface area contributed by atoms with E-state index in [-0.39, 0.29) is 23.3 Å². The molecule has 1 aliphatic carbocycles. The summed E-state index contributed by atoms with van der Waals surface area (Å²) >= 11 is 0. The summed E-state index contributed by atoms with van der Waals surface area (Å²) in [5, 5.41) is 0. The molecule has 1 saturated heterocycles. The van der Waals surface area contributed by atoms with Gasteiger partial charge in [-0.15, -0.1) is 0 Å². The Balaban J connectivity index is 1.60. The molecule has 0 bridgehead atoms. The van der Waals surface area contributed by atoms with Crippen LogP contribution in [0.2, 0.25) is 0 Å². The standard InChI is InChI=1S/C18H26N4O3/c1-13-3-5-14(6-4-13)17(24)21-7-2-8-22(10-9-21)18(25)15-11-19-12-20-16(15)23/h11-14H,2-10H2,1H3,(H,19,20,23). The molecule has 25 heavy (non-hydrogen) atoms. The van der Waals surface area contributed by atoms with Crippen molar-refractivity contribution in [2.75, 3.05) is 26.2 Å². The first-order valence-corrected chi connectivity index (χ1v) is 9.17. The predicted octanol–water partition coefficient (Wildman–Crippen LogP) is 1.27. The van der Waals surface area contributed by atoms with E-state index in [1.807, 2.05) is 4.90 Å². The lowest BCUT2D eigenvalue weighted by molar-refractivity contribution is -0.136. The van der Waals surface area contributed by atoms with Gasteiger partial charge in [0.25, 0.3) is 11.5 Å². The van der Waals surface area contributed by atoms with Gasteiger partial charge in [-0.05, 0) is 38.0 Å². The number of amides is 2. The molecule has 1 aromatic rings. The van der Waals surface area contributed by atoms with Crippen LogP contribution in [0, 0.1) is 11.8 Å². The lowest BCUT2D eigenvalue weighted by Gasteiger charge is -2.30. The third-order valence-electron chi connectivity index (χ3n) is 5.41. The van der Waals surface area contributed by atoms with Crippen molar-refractivity contribution in [3.63, 3.8) is 0 Å². The van der Waals surface area contributed by atoms with E-state index in [2.05, 4.69) is 16.9 Å². The van der Waals surface area contributed by atoms with E-state index in [1.165, 1.54) is 12.5 Å². The number of H-pyrrole nitrogens is 1. The van der Waals surface area contributed by atoms with Crippen molar-refractivity contribution in [2.45, 2.75) is 39.0 Å². The molecule has 2 aliphatic rings. The molecule has 7 heteroatoms. The maximum Gasteiger partial charge on any atom is 0.263 e. The highest BCUT2D eigenvalue weighted by molar-refractivity contribution is 5.93. The molecule has 2 heterocycles. The van der Waals surface area contributed by atoms with Crippen molar-refractivity contribution in [2.24, 2.45) is 11.8 Å². The van der Waals surface area contributed by atoms with E-state index in [9.17, 15) is 14.4 Å².